The van der Waals surface area contributed by atoms with Crippen molar-refractivity contribution < 1.29 is 24.0 Å². The molecule has 13 nitrogen and oxygen atoms in total. The number of carbonyl (C=O) groups is 5. The first-order valence-corrected chi connectivity index (χ1v) is 19.9. The Hall–Kier alpha value is -5.56. The van der Waals surface area contributed by atoms with Crippen molar-refractivity contribution in [1.82, 2.24) is 36.1 Å². The molecule has 1 aliphatic carbocycles. The molecule has 5 atom stereocenters. The second-order valence-corrected chi connectivity index (χ2v) is 15.4. The highest BCUT2D eigenvalue weighted by atomic mass is 16.2. The van der Waals surface area contributed by atoms with Crippen LogP contribution >= 0.6 is 0 Å². The van der Waals surface area contributed by atoms with Crippen molar-refractivity contribution in [3.05, 3.63) is 90.3 Å². The van der Waals surface area contributed by atoms with Crippen LogP contribution in [0.2, 0.25) is 0 Å². The molecule has 0 bridgehead atoms. The van der Waals surface area contributed by atoms with Gasteiger partial charge in [0.05, 0.1) is 17.1 Å². The van der Waals surface area contributed by atoms with Crippen LogP contribution in [0, 0.1) is 11.8 Å². The molecular formula is C43H54N8O5. The van der Waals surface area contributed by atoms with Crippen molar-refractivity contribution in [3.63, 3.8) is 0 Å². The van der Waals surface area contributed by atoms with Crippen LogP contribution in [0.1, 0.15) is 87.9 Å². The number of hydrogen-bond donors (Lipinski definition) is 6. The van der Waals surface area contributed by atoms with Crippen molar-refractivity contribution in [2.24, 2.45) is 17.6 Å². The number of H-pyrrole nitrogens is 1. The van der Waals surface area contributed by atoms with Gasteiger partial charge in [0.25, 0.3) is 5.91 Å². The van der Waals surface area contributed by atoms with E-state index >= 15 is 0 Å². The topological polar surface area (TPSA) is 191 Å². The van der Waals surface area contributed by atoms with Crippen LogP contribution < -0.4 is 27.0 Å². The summed E-state index contributed by atoms with van der Waals surface area (Å²) >= 11 is 0. The molecular weight excluding hydrogens is 709 g/mol. The number of likely N-dealkylation sites (tertiary alicyclic amines) is 1. The first-order chi connectivity index (χ1) is 27.0. The van der Waals surface area contributed by atoms with E-state index in [9.17, 15) is 24.0 Å². The number of amides is 5. The maximum atomic E-state index is 13.9. The van der Waals surface area contributed by atoms with Crippen molar-refractivity contribution in [1.29, 1.82) is 0 Å². The van der Waals surface area contributed by atoms with Crippen molar-refractivity contribution in [2.75, 3.05) is 13.1 Å². The highest BCUT2D eigenvalue weighted by Crippen LogP contribution is 2.30. The fourth-order valence-electron chi connectivity index (χ4n) is 7.88. The first kappa shape index (κ1) is 40.1. The highest BCUT2D eigenvalue weighted by molar-refractivity contribution is 5.99. The minimum Gasteiger partial charge on any atom is -0.345 e. The molecule has 0 radical (unpaired) electrons. The van der Waals surface area contributed by atoms with E-state index in [1.165, 1.54) is 0 Å². The number of benzene rings is 3. The molecule has 1 saturated carbocycles. The third-order valence-electron chi connectivity index (χ3n) is 11.0. The first-order valence-electron chi connectivity index (χ1n) is 19.9. The van der Waals surface area contributed by atoms with Gasteiger partial charge in [-0.15, -0.1) is 0 Å². The predicted octanol–water partition coefficient (Wildman–Crippen LogP) is 4.36. The number of carbonyl (C=O) groups excluding carboxylic acids is 5. The maximum absolute atomic E-state index is 13.9. The van der Waals surface area contributed by atoms with E-state index in [-0.39, 0.29) is 30.2 Å². The second kappa shape index (κ2) is 18.4. The summed E-state index contributed by atoms with van der Waals surface area (Å²) < 4.78 is 0. The number of aromatic amines is 1. The van der Waals surface area contributed by atoms with Crippen LogP contribution in [0.25, 0.3) is 22.2 Å². The molecule has 56 heavy (non-hydrogen) atoms. The Kier molecular flexibility index (Phi) is 13.2. The van der Waals surface area contributed by atoms with Gasteiger partial charge in [0.2, 0.25) is 23.6 Å². The molecule has 1 aromatic heterocycles. The van der Waals surface area contributed by atoms with E-state index in [2.05, 4.69) is 26.3 Å². The van der Waals surface area contributed by atoms with Gasteiger partial charge in [-0.05, 0) is 61.8 Å². The zero-order chi connectivity index (χ0) is 39.8. The Balaban J connectivity index is 1.11. The third kappa shape index (κ3) is 9.44. The summed E-state index contributed by atoms with van der Waals surface area (Å²) in [6.45, 7) is 5.63. The van der Waals surface area contributed by atoms with E-state index < -0.39 is 47.9 Å². The van der Waals surface area contributed by atoms with Crippen LogP contribution in [0.4, 0.5) is 0 Å². The van der Waals surface area contributed by atoms with Crippen LogP contribution in [0.15, 0.2) is 78.9 Å². The molecule has 7 N–H and O–H groups in total. The monoisotopic (exact) mass is 762 g/mol. The number of hydrogen-bond acceptors (Lipinski definition) is 7. The predicted molar refractivity (Wildman–Crippen MR) is 215 cm³/mol. The number of fused-ring (bicyclic) bond motifs is 1. The fraction of sp³-hybridized carbons (Fsp3) is 0.442. The van der Waals surface area contributed by atoms with E-state index in [1.54, 1.807) is 43.0 Å². The lowest BCUT2D eigenvalue weighted by Crippen LogP contribution is -2.60. The van der Waals surface area contributed by atoms with Gasteiger partial charge in [-0.2, -0.15) is 0 Å². The van der Waals surface area contributed by atoms with E-state index in [0.717, 1.165) is 47.8 Å². The number of aromatic nitrogens is 2. The number of nitrogens with two attached hydrogens (primary N) is 1. The molecule has 13 heteroatoms. The van der Waals surface area contributed by atoms with Crippen LogP contribution in [-0.2, 0) is 19.2 Å². The summed E-state index contributed by atoms with van der Waals surface area (Å²) in [5.41, 5.74) is 10.2. The Morgan fingerprint density at radius 2 is 1.43 bits per heavy atom. The SMILES string of the molecule is CC(C)[C@H](NC(=O)[C@@H]1CCCN1C(=O)c1ccccc1)C(=O)N[C@@H](CN)C(=O)N[C@@H](CC1CCCC1)C(=O)N[C@@H](C)c1nc2c(-c3ccccc3)cccc2[nH]1. The summed E-state index contributed by atoms with van der Waals surface area (Å²) in [5, 5.41) is 11.5. The lowest BCUT2D eigenvalue weighted by molar-refractivity contribution is -0.135. The highest BCUT2D eigenvalue weighted by Gasteiger charge is 2.38. The average Bonchev–Trinajstić information content (AvgIpc) is 4.00. The van der Waals surface area contributed by atoms with Gasteiger partial charge < -0.3 is 36.9 Å². The van der Waals surface area contributed by atoms with Crippen LogP contribution in [-0.4, -0.2) is 81.7 Å². The molecule has 5 amide bonds. The normalized spacial score (nSPS) is 17.9. The zero-order valence-electron chi connectivity index (χ0n) is 32.4. The molecule has 3 aromatic carbocycles. The van der Waals surface area contributed by atoms with Gasteiger partial charge in [0, 0.05) is 24.2 Å². The molecule has 0 spiro atoms. The molecule has 0 unspecified atom stereocenters. The number of para-hydroxylation sites is 1. The molecule has 1 saturated heterocycles. The van der Waals surface area contributed by atoms with Crippen molar-refractivity contribution >= 4 is 40.6 Å². The zero-order valence-corrected chi connectivity index (χ0v) is 32.4. The Morgan fingerprint density at radius 3 is 2.11 bits per heavy atom. The Labute approximate surface area is 328 Å². The number of rotatable bonds is 15. The van der Waals surface area contributed by atoms with Gasteiger partial charge in [-0.1, -0.05) is 100 Å². The number of nitrogens with zero attached hydrogens (tertiary/aromatic N) is 2. The minimum absolute atomic E-state index is 0.227. The molecule has 2 fully saturated rings. The van der Waals surface area contributed by atoms with Crippen LogP contribution in [0.5, 0.6) is 0 Å². The van der Waals surface area contributed by atoms with E-state index in [4.69, 9.17) is 10.7 Å². The molecule has 296 valence electrons. The van der Waals surface area contributed by atoms with E-state index in [1.807, 2.05) is 61.5 Å². The summed E-state index contributed by atoms with van der Waals surface area (Å²) in [5.74, 6) is -1.70. The Bertz CT molecular complexity index is 1990. The third-order valence-corrected chi connectivity index (χ3v) is 11.0. The quantitative estimate of drug-likeness (QED) is 0.104. The lowest BCUT2D eigenvalue weighted by atomic mass is 9.97. The summed E-state index contributed by atoms with van der Waals surface area (Å²) in [7, 11) is 0. The number of nitrogens with one attached hydrogen (secondary N) is 5. The molecule has 2 aliphatic rings. The molecule has 1 aliphatic heterocycles. The average molecular weight is 763 g/mol. The van der Waals surface area contributed by atoms with Gasteiger partial charge in [0.15, 0.2) is 0 Å². The summed E-state index contributed by atoms with van der Waals surface area (Å²) in [6.07, 6.45) is 5.62. The summed E-state index contributed by atoms with van der Waals surface area (Å²) in [6, 6.07) is 20.4. The largest absolute Gasteiger partial charge is 0.345 e. The van der Waals surface area contributed by atoms with Gasteiger partial charge in [-0.3, -0.25) is 24.0 Å². The van der Waals surface area contributed by atoms with E-state index in [0.29, 0.717) is 37.2 Å². The Morgan fingerprint density at radius 1 is 0.768 bits per heavy atom. The van der Waals surface area contributed by atoms with Gasteiger partial charge in [-0.25, -0.2) is 4.98 Å². The fourth-order valence-corrected chi connectivity index (χ4v) is 7.88. The van der Waals surface area contributed by atoms with Crippen LogP contribution in [0.3, 0.4) is 0 Å². The maximum Gasteiger partial charge on any atom is 0.254 e. The smallest absolute Gasteiger partial charge is 0.254 e. The second-order valence-electron chi connectivity index (χ2n) is 15.4. The standard InChI is InChI=1S/C43H54N8O5/c1-26(2)36(50-41(54)35-22-13-23-51(35)43(56)30-18-8-5-9-19-30)42(55)48-34(25-44)40(53)47-33(24-28-14-10-11-15-28)39(52)45-27(3)38-46-32-21-12-20-31(37(32)49-38)29-16-6-4-7-17-29/h4-9,12,16-21,26-28,33-36H,10-11,13-15,22-25,44H2,1-3H3,(H,45,52)(H,46,49)(H,47,53)(H,48,55)(H,50,54)/t27-,33-,34-,35-,36-/m0/s1. The lowest BCUT2D eigenvalue weighted by Gasteiger charge is -2.29. The molecule has 4 aromatic rings. The minimum atomic E-state index is -1.16. The summed E-state index contributed by atoms with van der Waals surface area (Å²) in [4.78, 5) is 78.0. The van der Waals surface area contributed by atoms with Crippen molar-refractivity contribution in [2.45, 2.75) is 95.9 Å². The molecule has 6 rings (SSSR count). The molecule has 2 heterocycles. The number of imidazole rings is 1. The van der Waals surface area contributed by atoms with Gasteiger partial charge >= 0.3 is 0 Å². The van der Waals surface area contributed by atoms with Gasteiger partial charge in [0.1, 0.15) is 30.0 Å². The van der Waals surface area contributed by atoms with Crippen molar-refractivity contribution in [3.8, 4) is 11.1 Å².